The molecular formula is C12H13BrF3NO3. The van der Waals surface area contributed by atoms with Gasteiger partial charge in [-0.1, -0.05) is 15.9 Å². The van der Waals surface area contributed by atoms with E-state index >= 15 is 0 Å². The number of nitrogens with one attached hydrogen (secondary N) is 1. The maximum absolute atomic E-state index is 12.7. The van der Waals surface area contributed by atoms with Gasteiger partial charge in [0.05, 0.1) is 24.8 Å². The number of methoxy groups -OCH3 is 1. The van der Waals surface area contributed by atoms with Gasteiger partial charge < -0.3 is 15.2 Å². The molecule has 0 saturated heterocycles. The van der Waals surface area contributed by atoms with E-state index in [2.05, 4.69) is 21.2 Å². The molecule has 1 aromatic carbocycles. The van der Waals surface area contributed by atoms with Gasteiger partial charge in [-0.2, -0.15) is 13.2 Å². The topological polar surface area (TPSA) is 58.6 Å². The molecule has 1 atom stereocenters. The number of hydrogen-bond donors (Lipinski definition) is 2. The van der Waals surface area contributed by atoms with Crippen molar-refractivity contribution in [2.24, 2.45) is 0 Å². The molecule has 0 aromatic heterocycles. The van der Waals surface area contributed by atoms with Gasteiger partial charge in [0, 0.05) is 17.1 Å². The normalized spacial score (nSPS) is 13.1. The van der Waals surface area contributed by atoms with E-state index < -0.39 is 23.7 Å². The Balaban J connectivity index is 2.94. The van der Waals surface area contributed by atoms with Crippen molar-refractivity contribution < 1.29 is 27.8 Å². The number of alkyl halides is 3. The summed E-state index contributed by atoms with van der Waals surface area (Å²) in [6.07, 6.45) is -4.56. The van der Waals surface area contributed by atoms with Crippen molar-refractivity contribution in [3.05, 3.63) is 33.8 Å². The lowest BCUT2D eigenvalue weighted by molar-refractivity contribution is -0.138. The molecule has 112 valence electrons. The minimum absolute atomic E-state index is 0.0604. The summed E-state index contributed by atoms with van der Waals surface area (Å²) in [5, 5.41) is 11.4. The van der Waals surface area contributed by atoms with Crippen LogP contribution in [0.15, 0.2) is 22.7 Å². The van der Waals surface area contributed by atoms with Gasteiger partial charge in [-0.05, 0) is 18.2 Å². The average molecular weight is 356 g/mol. The Morgan fingerprint density at radius 1 is 1.50 bits per heavy atom. The van der Waals surface area contributed by atoms with E-state index in [4.69, 9.17) is 9.84 Å². The molecular weight excluding hydrogens is 343 g/mol. The molecule has 1 aromatic rings. The molecule has 0 bridgehead atoms. The number of hydrogen-bond acceptors (Lipinski definition) is 3. The van der Waals surface area contributed by atoms with Crippen LogP contribution in [0.2, 0.25) is 0 Å². The van der Waals surface area contributed by atoms with Crippen LogP contribution in [-0.2, 0) is 10.9 Å². The molecule has 1 rings (SSSR count). The van der Waals surface area contributed by atoms with Crippen LogP contribution in [0, 0.1) is 0 Å². The Morgan fingerprint density at radius 3 is 2.65 bits per heavy atom. The second kappa shape index (κ2) is 7.05. The molecule has 4 nitrogen and oxygen atoms in total. The Morgan fingerprint density at radius 2 is 2.15 bits per heavy atom. The van der Waals surface area contributed by atoms with Crippen molar-refractivity contribution in [2.75, 3.05) is 20.3 Å². The number of benzene rings is 1. The fourth-order valence-electron chi connectivity index (χ4n) is 1.49. The van der Waals surface area contributed by atoms with Gasteiger partial charge in [-0.15, -0.1) is 0 Å². The number of carbonyl (C=O) groups excluding carboxylic acids is 1. The zero-order valence-electron chi connectivity index (χ0n) is 10.5. The number of rotatable bonds is 5. The SMILES string of the molecule is COCC(CO)NC(=O)c1ccc(Br)c(C(F)(F)F)c1. The Bertz CT molecular complexity index is 480. The molecule has 0 aliphatic heterocycles. The van der Waals surface area contributed by atoms with E-state index in [-0.39, 0.29) is 23.2 Å². The highest BCUT2D eigenvalue weighted by Gasteiger charge is 2.33. The zero-order valence-corrected chi connectivity index (χ0v) is 12.1. The van der Waals surface area contributed by atoms with Crippen LogP contribution in [0.5, 0.6) is 0 Å². The minimum Gasteiger partial charge on any atom is -0.394 e. The number of aliphatic hydroxyl groups excluding tert-OH is 1. The van der Waals surface area contributed by atoms with Crippen molar-refractivity contribution in [3.63, 3.8) is 0 Å². The molecule has 2 N–H and O–H groups in total. The second-order valence-electron chi connectivity index (χ2n) is 4.00. The molecule has 1 unspecified atom stereocenters. The van der Waals surface area contributed by atoms with Crippen LogP contribution in [0.3, 0.4) is 0 Å². The number of halogens is 4. The van der Waals surface area contributed by atoms with Gasteiger partial charge in [-0.3, -0.25) is 4.79 Å². The van der Waals surface area contributed by atoms with Crippen LogP contribution in [0.1, 0.15) is 15.9 Å². The Kier molecular flexibility index (Phi) is 5.97. The summed E-state index contributed by atoms with van der Waals surface area (Å²) in [6, 6.07) is 2.49. The first kappa shape index (κ1) is 16.9. The summed E-state index contributed by atoms with van der Waals surface area (Å²) in [7, 11) is 1.39. The predicted octanol–water partition coefficient (Wildman–Crippen LogP) is 2.21. The summed E-state index contributed by atoms with van der Waals surface area (Å²) in [6.45, 7) is -0.312. The number of carbonyl (C=O) groups is 1. The van der Waals surface area contributed by atoms with E-state index in [0.717, 1.165) is 12.1 Å². The second-order valence-corrected chi connectivity index (χ2v) is 4.86. The van der Waals surface area contributed by atoms with Gasteiger partial charge in [0.15, 0.2) is 0 Å². The highest BCUT2D eigenvalue weighted by Crippen LogP contribution is 2.35. The van der Waals surface area contributed by atoms with E-state index in [0.29, 0.717) is 0 Å². The number of ether oxygens (including phenoxy) is 1. The summed E-state index contributed by atoms with van der Waals surface area (Å²) in [4.78, 5) is 11.8. The monoisotopic (exact) mass is 355 g/mol. The first-order valence-corrected chi connectivity index (χ1v) is 6.36. The molecule has 20 heavy (non-hydrogen) atoms. The third-order valence-electron chi connectivity index (χ3n) is 2.46. The lowest BCUT2D eigenvalue weighted by atomic mass is 10.1. The summed E-state index contributed by atoms with van der Waals surface area (Å²) in [5.41, 5.74) is -1.08. The largest absolute Gasteiger partial charge is 0.417 e. The third-order valence-corrected chi connectivity index (χ3v) is 3.15. The van der Waals surface area contributed by atoms with E-state index in [1.807, 2.05) is 0 Å². The lowest BCUT2D eigenvalue weighted by Crippen LogP contribution is -2.40. The summed E-state index contributed by atoms with van der Waals surface area (Å²) >= 11 is 2.79. The first-order chi connectivity index (χ1) is 9.29. The van der Waals surface area contributed by atoms with Crippen LogP contribution in [0.25, 0.3) is 0 Å². The predicted molar refractivity (Wildman–Crippen MR) is 69.4 cm³/mol. The van der Waals surface area contributed by atoms with Gasteiger partial charge in [0.1, 0.15) is 0 Å². The quantitative estimate of drug-likeness (QED) is 0.851. The van der Waals surface area contributed by atoms with Crippen LogP contribution in [0.4, 0.5) is 13.2 Å². The standard InChI is InChI=1S/C12H13BrF3NO3/c1-20-6-8(5-18)17-11(19)7-2-3-10(13)9(4-7)12(14,15)16/h2-4,8,18H,5-6H2,1H3,(H,17,19). The zero-order chi connectivity index (χ0) is 15.3. The van der Waals surface area contributed by atoms with Crippen molar-refractivity contribution in [1.82, 2.24) is 5.32 Å². The maximum atomic E-state index is 12.7. The number of aliphatic hydroxyl groups is 1. The van der Waals surface area contributed by atoms with Crippen molar-refractivity contribution in [3.8, 4) is 0 Å². The molecule has 0 saturated carbocycles. The van der Waals surface area contributed by atoms with E-state index in [1.165, 1.54) is 13.2 Å². The van der Waals surface area contributed by atoms with Crippen molar-refractivity contribution in [1.29, 1.82) is 0 Å². The Hall–Kier alpha value is -1.12. The molecule has 0 heterocycles. The van der Waals surface area contributed by atoms with Crippen LogP contribution >= 0.6 is 15.9 Å². The van der Waals surface area contributed by atoms with Gasteiger partial charge in [-0.25, -0.2) is 0 Å². The highest BCUT2D eigenvalue weighted by molar-refractivity contribution is 9.10. The third kappa shape index (κ3) is 4.46. The Labute approximate surface area is 122 Å². The number of amides is 1. The maximum Gasteiger partial charge on any atom is 0.417 e. The summed E-state index contributed by atoms with van der Waals surface area (Å²) in [5.74, 6) is -0.709. The van der Waals surface area contributed by atoms with Gasteiger partial charge in [0.2, 0.25) is 0 Å². The molecule has 0 radical (unpaired) electrons. The molecule has 0 fully saturated rings. The van der Waals surface area contributed by atoms with Crippen molar-refractivity contribution >= 4 is 21.8 Å². The fraction of sp³-hybridized carbons (Fsp3) is 0.417. The minimum atomic E-state index is -4.56. The molecule has 1 amide bonds. The fourth-order valence-corrected chi connectivity index (χ4v) is 1.97. The average Bonchev–Trinajstić information content (AvgIpc) is 2.37. The van der Waals surface area contributed by atoms with Crippen LogP contribution < -0.4 is 5.32 Å². The van der Waals surface area contributed by atoms with E-state index in [1.54, 1.807) is 0 Å². The molecule has 0 aliphatic carbocycles. The molecule has 0 aliphatic rings. The van der Waals surface area contributed by atoms with Gasteiger partial charge >= 0.3 is 6.18 Å². The molecule has 0 spiro atoms. The van der Waals surface area contributed by atoms with Gasteiger partial charge in [0.25, 0.3) is 5.91 Å². The van der Waals surface area contributed by atoms with Crippen LogP contribution in [-0.4, -0.2) is 37.4 Å². The first-order valence-electron chi connectivity index (χ1n) is 5.57. The summed E-state index contributed by atoms with van der Waals surface area (Å²) < 4.78 is 42.8. The lowest BCUT2D eigenvalue weighted by Gasteiger charge is -2.16. The van der Waals surface area contributed by atoms with E-state index in [9.17, 15) is 18.0 Å². The molecule has 8 heteroatoms. The highest BCUT2D eigenvalue weighted by atomic mass is 79.9. The smallest absolute Gasteiger partial charge is 0.394 e. The van der Waals surface area contributed by atoms with Crippen molar-refractivity contribution in [2.45, 2.75) is 12.2 Å².